The molecule has 0 spiro atoms. The third-order valence-electron chi connectivity index (χ3n) is 3.19. The van der Waals surface area contributed by atoms with E-state index in [4.69, 9.17) is 0 Å². The number of hydrogen-bond donors (Lipinski definition) is 1. The van der Waals surface area contributed by atoms with Gasteiger partial charge in [-0.05, 0) is 35.2 Å². The first-order valence-corrected chi connectivity index (χ1v) is 5.73. The van der Waals surface area contributed by atoms with Crippen LogP contribution in [0.2, 0.25) is 0 Å². The van der Waals surface area contributed by atoms with E-state index in [1.54, 1.807) is 0 Å². The number of amides is 1. The van der Waals surface area contributed by atoms with Gasteiger partial charge < -0.3 is 5.32 Å². The van der Waals surface area contributed by atoms with Crippen molar-refractivity contribution >= 4 is 11.6 Å². The van der Waals surface area contributed by atoms with E-state index < -0.39 is 0 Å². The summed E-state index contributed by atoms with van der Waals surface area (Å²) < 4.78 is 0. The second-order valence-electron chi connectivity index (χ2n) is 4.41. The van der Waals surface area contributed by atoms with Crippen molar-refractivity contribution < 1.29 is 4.79 Å². The zero-order chi connectivity index (χ0) is 11.8. The normalized spacial score (nSPS) is 13.4. The molecule has 2 aromatic carbocycles. The minimum atomic E-state index is 0.0851. The van der Waals surface area contributed by atoms with E-state index in [1.807, 2.05) is 18.2 Å². The molecule has 1 aliphatic heterocycles. The molecule has 2 heteroatoms. The fourth-order valence-corrected chi connectivity index (χ4v) is 2.28. The number of rotatable bonds is 1. The number of carbonyl (C=O) groups excluding carboxylic acids is 1. The summed E-state index contributed by atoms with van der Waals surface area (Å²) in [5.41, 5.74) is 5.67. The first-order chi connectivity index (χ1) is 8.24. The highest BCUT2D eigenvalue weighted by Gasteiger charge is 2.17. The maximum atomic E-state index is 11.3. The highest BCUT2D eigenvalue weighted by molar-refractivity contribution is 6.00. The summed E-state index contributed by atoms with van der Waals surface area (Å²) in [6, 6.07) is 14.5. The predicted octanol–water partition coefficient (Wildman–Crippen LogP) is 3.16. The summed E-state index contributed by atoms with van der Waals surface area (Å²) in [7, 11) is 0. The summed E-state index contributed by atoms with van der Waals surface area (Å²) in [4.78, 5) is 11.3. The van der Waals surface area contributed by atoms with Gasteiger partial charge in [0.1, 0.15) is 0 Å². The molecule has 0 unspecified atom stereocenters. The Morgan fingerprint density at radius 1 is 1.12 bits per heavy atom. The van der Waals surface area contributed by atoms with Crippen LogP contribution in [0.5, 0.6) is 0 Å². The van der Waals surface area contributed by atoms with Crippen LogP contribution in [-0.4, -0.2) is 5.91 Å². The zero-order valence-corrected chi connectivity index (χ0v) is 9.66. The third kappa shape index (κ3) is 1.72. The molecule has 1 aliphatic rings. The molecule has 0 atom stereocenters. The molecule has 2 nitrogen and oxygen atoms in total. The lowest BCUT2D eigenvalue weighted by molar-refractivity contribution is -0.115. The fourth-order valence-electron chi connectivity index (χ4n) is 2.28. The van der Waals surface area contributed by atoms with Gasteiger partial charge in [0.15, 0.2) is 0 Å². The molecule has 0 fully saturated rings. The first kappa shape index (κ1) is 10.1. The lowest BCUT2D eigenvalue weighted by Gasteiger charge is -2.07. The van der Waals surface area contributed by atoms with Crippen molar-refractivity contribution in [2.45, 2.75) is 13.3 Å². The largest absolute Gasteiger partial charge is 0.326 e. The Morgan fingerprint density at radius 2 is 1.94 bits per heavy atom. The van der Waals surface area contributed by atoms with Gasteiger partial charge in [-0.3, -0.25) is 4.79 Å². The van der Waals surface area contributed by atoms with Crippen LogP contribution in [0.15, 0.2) is 42.5 Å². The van der Waals surface area contributed by atoms with E-state index in [-0.39, 0.29) is 5.91 Å². The molecular formula is C15H13NO. The van der Waals surface area contributed by atoms with Gasteiger partial charge in [0.25, 0.3) is 0 Å². The van der Waals surface area contributed by atoms with Crippen LogP contribution in [0.3, 0.4) is 0 Å². The van der Waals surface area contributed by atoms with Crippen LogP contribution in [-0.2, 0) is 11.2 Å². The van der Waals surface area contributed by atoms with E-state index in [0.717, 1.165) is 16.8 Å². The molecule has 17 heavy (non-hydrogen) atoms. The molecule has 1 heterocycles. The summed E-state index contributed by atoms with van der Waals surface area (Å²) >= 11 is 0. The Balaban J connectivity index is 2.09. The van der Waals surface area contributed by atoms with Crippen LogP contribution in [0, 0.1) is 6.92 Å². The molecule has 1 N–H and O–H groups in total. The Bertz CT molecular complexity index is 602. The number of anilines is 1. The molecule has 1 amide bonds. The van der Waals surface area contributed by atoms with E-state index in [2.05, 4.69) is 36.5 Å². The quantitative estimate of drug-likeness (QED) is 0.790. The second-order valence-corrected chi connectivity index (χ2v) is 4.41. The maximum absolute atomic E-state index is 11.3. The van der Waals surface area contributed by atoms with Crippen molar-refractivity contribution in [3.63, 3.8) is 0 Å². The topological polar surface area (TPSA) is 29.1 Å². The Labute approximate surface area is 100 Å². The molecule has 0 aromatic heterocycles. The minimum absolute atomic E-state index is 0.0851. The van der Waals surface area contributed by atoms with Crippen LogP contribution < -0.4 is 5.32 Å². The van der Waals surface area contributed by atoms with E-state index in [1.165, 1.54) is 11.1 Å². The summed E-state index contributed by atoms with van der Waals surface area (Å²) in [6.45, 7) is 2.10. The average Bonchev–Trinajstić information content (AvgIpc) is 2.68. The number of fused-ring (bicyclic) bond motifs is 1. The van der Waals surface area contributed by atoms with Gasteiger partial charge in [-0.15, -0.1) is 0 Å². The van der Waals surface area contributed by atoms with Crippen LogP contribution in [0.25, 0.3) is 11.1 Å². The van der Waals surface area contributed by atoms with Crippen molar-refractivity contribution in [2.75, 3.05) is 5.32 Å². The number of nitrogens with one attached hydrogen (secondary N) is 1. The maximum Gasteiger partial charge on any atom is 0.228 e. The molecular weight excluding hydrogens is 210 g/mol. The molecule has 2 aromatic rings. The molecule has 0 saturated carbocycles. The molecule has 0 bridgehead atoms. The molecule has 0 radical (unpaired) electrons. The van der Waals surface area contributed by atoms with Crippen molar-refractivity contribution in [2.24, 2.45) is 0 Å². The van der Waals surface area contributed by atoms with Gasteiger partial charge in [0.05, 0.1) is 6.42 Å². The summed E-state index contributed by atoms with van der Waals surface area (Å²) in [6.07, 6.45) is 0.503. The van der Waals surface area contributed by atoms with Crippen LogP contribution >= 0.6 is 0 Å². The van der Waals surface area contributed by atoms with E-state index in [9.17, 15) is 4.79 Å². The Kier molecular flexibility index (Phi) is 2.22. The molecule has 0 saturated heterocycles. The SMILES string of the molecule is Cc1ccccc1-c1ccc2c(c1)NC(=O)C2. The van der Waals surface area contributed by atoms with Gasteiger partial charge in [0.2, 0.25) is 5.91 Å². The average molecular weight is 223 g/mol. The Hall–Kier alpha value is -2.09. The number of benzene rings is 2. The predicted molar refractivity (Wildman–Crippen MR) is 68.9 cm³/mol. The van der Waals surface area contributed by atoms with Gasteiger partial charge in [0, 0.05) is 5.69 Å². The lowest BCUT2D eigenvalue weighted by Crippen LogP contribution is -2.03. The highest BCUT2D eigenvalue weighted by Crippen LogP contribution is 2.30. The van der Waals surface area contributed by atoms with Crippen LogP contribution in [0.1, 0.15) is 11.1 Å². The Morgan fingerprint density at radius 3 is 2.76 bits per heavy atom. The van der Waals surface area contributed by atoms with Crippen molar-refractivity contribution in [3.8, 4) is 11.1 Å². The molecule has 3 rings (SSSR count). The summed E-state index contributed by atoms with van der Waals surface area (Å²) in [5, 5.41) is 2.89. The summed E-state index contributed by atoms with van der Waals surface area (Å²) in [5.74, 6) is 0.0851. The van der Waals surface area contributed by atoms with E-state index >= 15 is 0 Å². The standard InChI is InChI=1S/C15H13NO/c1-10-4-2-3-5-13(10)11-6-7-12-9-15(17)16-14(12)8-11/h2-8H,9H2,1H3,(H,16,17). The second kappa shape index (κ2) is 3.74. The van der Waals surface area contributed by atoms with Gasteiger partial charge >= 0.3 is 0 Å². The van der Waals surface area contributed by atoms with Crippen molar-refractivity contribution in [3.05, 3.63) is 53.6 Å². The zero-order valence-electron chi connectivity index (χ0n) is 9.66. The highest BCUT2D eigenvalue weighted by atomic mass is 16.1. The van der Waals surface area contributed by atoms with Crippen molar-refractivity contribution in [1.29, 1.82) is 0 Å². The molecule has 0 aliphatic carbocycles. The molecule has 84 valence electrons. The van der Waals surface area contributed by atoms with Gasteiger partial charge in [-0.2, -0.15) is 0 Å². The number of aryl methyl sites for hydroxylation is 1. The van der Waals surface area contributed by atoms with Gasteiger partial charge in [-0.1, -0.05) is 36.4 Å². The number of carbonyl (C=O) groups is 1. The smallest absolute Gasteiger partial charge is 0.228 e. The van der Waals surface area contributed by atoms with Crippen molar-refractivity contribution in [1.82, 2.24) is 0 Å². The van der Waals surface area contributed by atoms with Gasteiger partial charge in [-0.25, -0.2) is 0 Å². The first-order valence-electron chi connectivity index (χ1n) is 5.73. The third-order valence-corrected chi connectivity index (χ3v) is 3.19. The lowest BCUT2D eigenvalue weighted by atomic mass is 9.99. The monoisotopic (exact) mass is 223 g/mol. The number of hydrogen-bond acceptors (Lipinski definition) is 1. The minimum Gasteiger partial charge on any atom is -0.326 e. The van der Waals surface area contributed by atoms with Crippen LogP contribution in [0.4, 0.5) is 5.69 Å². The van der Waals surface area contributed by atoms with E-state index in [0.29, 0.717) is 6.42 Å². The fraction of sp³-hybridized carbons (Fsp3) is 0.133.